The number of hydrogen-bond donors (Lipinski definition) is 2. The van der Waals surface area contributed by atoms with Crippen molar-refractivity contribution in [3.05, 3.63) is 11.9 Å². The van der Waals surface area contributed by atoms with Crippen molar-refractivity contribution in [2.24, 2.45) is 0 Å². The van der Waals surface area contributed by atoms with Crippen molar-refractivity contribution in [2.75, 3.05) is 10.6 Å². The molecule has 0 aliphatic carbocycles. The highest BCUT2D eigenvalue weighted by Gasteiger charge is 2.11. The van der Waals surface area contributed by atoms with E-state index in [1.807, 2.05) is 13.0 Å². The van der Waals surface area contributed by atoms with Gasteiger partial charge in [0.25, 0.3) is 0 Å². The molecule has 0 radical (unpaired) electrons. The minimum Gasteiger partial charge on any atom is -0.368 e. The summed E-state index contributed by atoms with van der Waals surface area (Å²) in [5.41, 5.74) is 0.00982. The number of rotatable bonds is 3. The third-order valence-electron chi connectivity index (χ3n) is 1.78. The van der Waals surface area contributed by atoms with Crippen molar-refractivity contribution in [2.45, 2.75) is 53.1 Å². The van der Waals surface area contributed by atoms with Crippen LogP contribution in [0.15, 0.2) is 6.07 Å². The normalized spacial score (nSPS) is 11.7. The van der Waals surface area contributed by atoms with E-state index >= 15 is 0 Å². The summed E-state index contributed by atoms with van der Waals surface area (Å²) in [4.78, 5) is 8.71. The third-order valence-corrected chi connectivity index (χ3v) is 1.78. The van der Waals surface area contributed by atoms with Crippen LogP contribution in [0.4, 0.5) is 11.6 Å². The highest BCUT2D eigenvalue weighted by Crippen LogP contribution is 2.16. The molecule has 0 amide bonds. The van der Waals surface area contributed by atoms with Crippen LogP contribution in [0.1, 0.15) is 40.4 Å². The largest absolute Gasteiger partial charge is 0.368 e. The van der Waals surface area contributed by atoms with Crippen LogP contribution >= 0.6 is 0 Å². The molecule has 0 aliphatic rings. The Balaban J connectivity index is 2.90. The number of anilines is 2. The maximum absolute atomic E-state index is 4.36. The van der Waals surface area contributed by atoms with Crippen LogP contribution in [0.5, 0.6) is 0 Å². The van der Waals surface area contributed by atoms with Crippen molar-refractivity contribution >= 4 is 11.6 Å². The topological polar surface area (TPSA) is 49.8 Å². The van der Waals surface area contributed by atoms with Crippen LogP contribution in [0.25, 0.3) is 0 Å². The first kappa shape index (κ1) is 12.7. The number of nitrogens with one attached hydrogen (secondary N) is 2. The monoisotopic (exact) mass is 222 g/mol. The van der Waals surface area contributed by atoms with Crippen LogP contribution in [-0.2, 0) is 0 Å². The van der Waals surface area contributed by atoms with Gasteiger partial charge in [0.1, 0.15) is 17.5 Å². The van der Waals surface area contributed by atoms with Crippen molar-refractivity contribution in [3.63, 3.8) is 0 Å². The summed E-state index contributed by atoms with van der Waals surface area (Å²) in [5.74, 6) is 2.51. The Bertz CT molecular complexity index is 353. The van der Waals surface area contributed by atoms with Crippen LogP contribution in [0, 0.1) is 6.92 Å². The van der Waals surface area contributed by atoms with Crippen molar-refractivity contribution in [3.8, 4) is 0 Å². The molecule has 4 heteroatoms. The second-order valence-electron chi connectivity index (χ2n) is 5.36. The zero-order valence-corrected chi connectivity index (χ0v) is 11.0. The molecule has 0 spiro atoms. The molecule has 0 saturated heterocycles. The summed E-state index contributed by atoms with van der Waals surface area (Å²) in [6.45, 7) is 12.4. The van der Waals surface area contributed by atoms with Gasteiger partial charge in [-0.15, -0.1) is 0 Å². The van der Waals surface area contributed by atoms with Gasteiger partial charge in [-0.3, -0.25) is 0 Å². The van der Waals surface area contributed by atoms with E-state index in [9.17, 15) is 0 Å². The minimum atomic E-state index is 0.00982. The maximum atomic E-state index is 4.36. The molecule has 0 aromatic carbocycles. The lowest BCUT2D eigenvalue weighted by atomic mass is 10.1. The second kappa shape index (κ2) is 4.68. The third kappa shape index (κ3) is 4.47. The molecule has 16 heavy (non-hydrogen) atoms. The van der Waals surface area contributed by atoms with E-state index in [2.05, 4.69) is 55.2 Å². The van der Waals surface area contributed by atoms with Gasteiger partial charge in [-0.2, -0.15) is 0 Å². The molecule has 0 bridgehead atoms. The molecule has 0 atom stereocenters. The lowest BCUT2D eigenvalue weighted by molar-refractivity contribution is 0.629. The Labute approximate surface area is 97.9 Å². The van der Waals surface area contributed by atoms with E-state index in [4.69, 9.17) is 0 Å². The van der Waals surface area contributed by atoms with Gasteiger partial charge in [0.15, 0.2) is 0 Å². The van der Waals surface area contributed by atoms with Gasteiger partial charge in [0, 0.05) is 17.6 Å². The molecule has 90 valence electrons. The van der Waals surface area contributed by atoms with Gasteiger partial charge in [-0.25, -0.2) is 9.97 Å². The quantitative estimate of drug-likeness (QED) is 0.825. The van der Waals surface area contributed by atoms with Crippen molar-refractivity contribution in [1.82, 2.24) is 9.97 Å². The first-order chi connectivity index (χ1) is 7.26. The Morgan fingerprint density at radius 1 is 1.12 bits per heavy atom. The molecule has 4 nitrogen and oxygen atoms in total. The molecule has 0 aliphatic heterocycles. The van der Waals surface area contributed by atoms with Gasteiger partial charge in [-0.05, 0) is 41.5 Å². The van der Waals surface area contributed by atoms with Gasteiger partial charge in [-0.1, -0.05) is 0 Å². The van der Waals surface area contributed by atoms with E-state index in [1.54, 1.807) is 0 Å². The molecule has 0 unspecified atom stereocenters. The molecule has 2 N–H and O–H groups in total. The molecule has 1 aromatic heterocycles. The molecule has 1 rings (SSSR count). The SMILES string of the molecule is Cc1nc(NC(C)C)cc(NC(C)(C)C)n1. The summed E-state index contributed by atoms with van der Waals surface area (Å²) < 4.78 is 0. The van der Waals surface area contributed by atoms with Crippen LogP contribution < -0.4 is 10.6 Å². The summed E-state index contributed by atoms with van der Waals surface area (Å²) in [7, 11) is 0. The summed E-state index contributed by atoms with van der Waals surface area (Å²) in [6.07, 6.45) is 0. The molecular formula is C12H22N4. The zero-order chi connectivity index (χ0) is 12.3. The van der Waals surface area contributed by atoms with Crippen molar-refractivity contribution < 1.29 is 0 Å². The lowest BCUT2D eigenvalue weighted by Crippen LogP contribution is -2.27. The standard InChI is InChI=1S/C12H22N4/c1-8(2)13-10-7-11(15-9(3)14-10)16-12(4,5)6/h7-8H,1-6H3,(H2,13,14,15,16). The van der Waals surface area contributed by atoms with Gasteiger partial charge in [0.05, 0.1) is 0 Å². The maximum Gasteiger partial charge on any atom is 0.132 e. The Morgan fingerprint density at radius 3 is 2.19 bits per heavy atom. The lowest BCUT2D eigenvalue weighted by Gasteiger charge is -2.22. The summed E-state index contributed by atoms with van der Waals surface area (Å²) >= 11 is 0. The average Bonchev–Trinajstić information content (AvgIpc) is 1.96. The zero-order valence-electron chi connectivity index (χ0n) is 11.0. The fraction of sp³-hybridized carbons (Fsp3) is 0.667. The molecule has 0 fully saturated rings. The summed E-state index contributed by atoms with van der Waals surface area (Å²) in [6, 6.07) is 2.31. The van der Waals surface area contributed by atoms with Crippen molar-refractivity contribution in [1.29, 1.82) is 0 Å². The first-order valence-electron chi connectivity index (χ1n) is 5.67. The van der Waals surface area contributed by atoms with E-state index in [-0.39, 0.29) is 5.54 Å². The first-order valence-corrected chi connectivity index (χ1v) is 5.67. The molecule has 1 heterocycles. The predicted molar refractivity (Wildman–Crippen MR) is 68.9 cm³/mol. The van der Waals surface area contributed by atoms with E-state index in [0.29, 0.717) is 6.04 Å². The van der Waals surface area contributed by atoms with Crippen LogP contribution in [0.2, 0.25) is 0 Å². The second-order valence-corrected chi connectivity index (χ2v) is 5.36. The Morgan fingerprint density at radius 2 is 1.69 bits per heavy atom. The Hall–Kier alpha value is -1.32. The number of nitrogens with zero attached hydrogens (tertiary/aromatic N) is 2. The fourth-order valence-electron chi connectivity index (χ4n) is 1.39. The van der Waals surface area contributed by atoms with E-state index in [0.717, 1.165) is 17.5 Å². The van der Waals surface area contributed by atoms with E-state index in [1.165, 1.54) is 0 Å². The van der Waals surface area contributed by atoms with Gasteiger partial charge < -0.3 is 10.6 Å². The number of aromatic nitrogens is 2. The van der Waals surface area contributed by atoms with Gasteiger partial charge in [0.2, 0.25) is 0 Å². The van der Waals surface area contributed by atoms with E-state index < -0.39 is 0 Å². The minimum absolute atomic E-state index is 0.00982. The predicted octanol–water partition coefficient (Wildman–Crippen LogP) is 2.82. The van der Waals surface area contributed by atoms with Crippen LogP contribution in [0.3, 0.4) is 0 Å². The average molecular weight is 222 g/mol. The van der Waals surface area contributed by atoms with Crippen LogP contribution in [-0.4, -0.2) is 21.5 Å². The Kier molecular flexibility index (Phi) is 3.73. The number of hydrogen-bond acceptors (Lipinski definition) is 4. The smallest absolute Gasteiger partial charge is 0.132 e. The molecule has 1 aromatic rings. The molecular weight excluding hydrogens is 200 g/mol. The molecule has 0 saturated carbocycles. The highest BCUT2D eigenvalue weighted by molar-refractivity contribution is 5.48. The summed E-state index contributed by atoms with van der Waals surface area (Å²) in [5, 5.41) is 6.63. The highest BCUT2D eigenvalue weighted by atomic mass is 15.1. The fourth-order valence-corrected chi connectivity index (χ4v) is 1.39. The number of aryl methyl sites for hydroxylation is 1. The van der Waals surface area contributed by atoms with Gasteiger partial charge >= 0.3 is 0 Å².